The summed E-state index contributed by atoms with van der Waals surface area (Å²) in [5.74, 6) is 1.35. The Bertz CT molecular complexity index is 760. The lowest BCUT2D eigenvalue weighted by atomic mass is 10.1. The van der Waals surface area contributed by atoms with Gasteiger partial charge >= 0.3 is 0 Å². The van der Waals surface area contributed by atoms with Gasteiger partial charge in [0.1, 0.15) is 17.3 Å². The zero-order valence-corrected chi connectivity index (χ0v) is 11.7. The first-order valence-corrected chi connectivity index (χ1v) is 6.76. The maximum atomic E-state index is 6.03. The fourth-order valence-electron chi connectivity index (χ4n) is 2.31. The number of imidazole rings is 1. The Morgan fingerprint density at radius 3 is 2.90 bits per heavy atom. The summed E-state index contributed by atoms with van der Waals surface area (Å²) in [7, 11) is 0. The smallest absolute Gasteiger partial charge is 0.137 e. The van der Waals surface area contributed by atoms with Gasteiger partial charge in [0.05, 0.1) is 11.4 Å². The second-order valence-electron chi connectivity index (χ2n) is 4.82. The Kier molecular flexibility index (Phi) is 3.10. The summed E-state index contributed by atoms with van der Waals surface area (Å²) in [6.45, 7) is 4.06. The maximum absolute atomic E-state index is 6.03. The van der Waals surface area contributed by atoms with E-state index < -0.39 is 0 Å². The van der Waals surface area contributed by atoms with Gasteiger partial charge < -0.3 is 5.73 Å². The fourth-order valence-corrected chi connectivity index (χ4v) is 2.31. The highest BCUT2D eigenvalue weighted by atomic mass is 15.0. The molecular formula is C15H17N5. The van der Waals surface area contributed by atoms with Crippen molar-refractivity contribution in [1.29, 1.82) is 0 Å². The topological polar surface area (TPSA) is 69.1 Å². The molecule has 3 rings (SSSR count). The van der Waals surface area contributed by atoms with Crippen LogP contribution in [0.4, 0.5) is 5.82 Å². The molecule has 20 heavy (non-hydrogen) atoms. The van der Waals surface area contributed by atoms with Crippen LogP contribution in [0.25, 0.3) is 17.0 Å². The Hall–Kier alpha value is -2.43. The second-order valence-corrected chi connectivity index (χ2v) is 4.82. The molecule has 0 fully saturated rings. The average Bonchev–Trinajstić information content (AvgIpc) is 2.91. The SMILES string of the molecule is CCCc1nc(N)c(C)c(-c2cccc3nccn23)n1. The van der Waals surface area contributed by atoms with Crippen molar-refractivity contribution in [3.8, 4) is 11.4 Å². The van der Waals surface area contributed by atoms with Crippen molar-refractivity contribution in [3.63, 3.8) is 0 Å². The summed E-state index contributed by atoms with van der Waals surface area (Å²) in [5, 5.41) is 0. The minimum absolute atomic E-state index is 0.551. The molecule has 0 aliphatic rings. The molecule has 0 spiro atoms. The number of hydrogen-bond acceptors (Lipinski definition) is 4. The van der Waals surface area contributed by atoms with Gasteiger partial charge in [-0.1, -0.05) is 13.0 Å². The predicted molar refractivity (Wildman–Crippen MR) is 79.4 cm³/mol. The van der Waals surface area contributed by atoms with Gasteiger partial charge in [0, 0.05) is 24.4 Å². The van der Waals surface area contributed by atoms with Crippen LogP contribution in [0.5, 0.6) is 0 Å². The highest BCUT2D eigenvalue weighted by Crippen LogP contribution is 2.25. The molecule has 0 aliphatic carbocycles. The first-order chi connectivity index (χ1) is 9.70. The van der Waals surface area contributed by atoms with Crippen molar-refractivity contribution in [2.75, 3.05) is 5.73 Å². The summed E-state index contributed by atoms with van der Waals surface area (Å²) in [4.78, 5) is 13.3. The van der Waals surface area contributed by atoms with E-state index >= 15 is 0 Å². The molecule has 0 aromatic carbocycles. The normalized spacial score (nSPS) is 11.1. The number of anilines is 1. The van der Waals surface area contributed by atoms with Crippen molar-refractivity contribution >= 4 is 11.5 Å². The number of nitrogens with two attached hydrogens (primary N) is 1. The van der Waals surface area contributed by atoms with Crippen LogP contribution in [0.1, 0.15) is 24.7 Å². The third-order valence-corrected chi connectivity index (χ3v) is 3.37. The van der Waals surface area contributed by atoms with Crippen LogP contribution in [-0.2, 0) is 6.42 Å². The Morgan fingerprint density at radius 2 is 2.10 bits per heavy atom. The van der Waals surface area contributed by atoms with Crippen LogP contribution in [0.3, 0.4) is 0 Å². The summed E-state index contributed by atoms with van der Waals surface area (Å²) < 4.78 is 2.02. The van der Waals surface area contributed by atoms with Gasteiger partial charge in [-0.05, 0) is 25.5 Å². The van der Waals surface area contributed by atoms with Gasteiger partial charge in [-0.2, -0.15) is 0 Å². The number of hydrogen-bond donors (Lipinski definition) is 1. The molecule has 102 valence electrons. The molecule has 0 unspecified atom stereocenters. The second kappa shape index (κ2) is 4.92. The lowest BCUT2D eigenvalue weighted by molar-refractivity contribution is 0.834. The average molecular weight is 267 g/mol. The van der Waals surface area contributed by atoms with E-state index in [0.29, 0.717) is 5.82 Å². The first-order valence-electron chi connectivity index (χ1n) is 6.76. The Balaban J connectivity index is 2.25. The maximum Gasteiger partial charge on any atom is 0.137 e. The minimum atomic E-state index is 0.551. The minimum Gasteiger partial charge on any atom is -0.383 e. The summed E-state index contributed by atoms with van der Waals surface area (Å²) in [6, 6.07) is 5.98. The van der Waals surface area contributed by atoms with Gasteiger partial charge in [0.25, 0.3) is 0 Å². The number of pyridine rings is 1. The van der Waals surface area contributed by atoms with Crippen LogP contribution >= 0.6 is 0 Å². The summed E-state index contributed by atoms with van der Waals surface area (Å²) >= 11 is 0. The van der Waals surface area contributed by atoms with Gasteiger partial charge in [-0.15, -0.1) is 0 Å². The van der Waals surface area contributed by atoms with Crippen molar-refractivity contribution in [2.45, 2.75) is 26.7 Å². The fraction of sp³-hybridized carbons (Fsp3) is 0.267. The summed E-state index contributed by atoms with van der Waals surface area (Å²) in [5.41, 5.74) is 9.71. The van der Waals surface area contributed by atoms with Gasteiger partial charge in [-0.25, -0.2) is 15.0 Å². The van der Waals surface area contributed by atoms with E-state index in [1.165, 1.54) is 0 Å². The molecule has 0 atom stereocenters. The van der Waals surface area contributed by atoms with E-state index in [-0.39, 0.29) is 0 Å². The number of nitrogen functional groups attached to an aromatic ring is 1. The van der Waals surface area contributed by atoms with E-state index in [0.717, 1.165) is 41.3 Å². The van der Waals surface area contributed by atoms with E-state index in [2.05, 4.69) is 21.9 Å². The zero-order valence-electron chi connectivity index (χ0n) is 11.7. The van der Waals surface area contributed by atoms with Gasteiger partial charge in [0.2, 0.25) is 0 Å². The molecule has 5 heteroatoms. The zero-order chi connectivity index (χ0) is 14.1. The molecule has 3 aromatic rings. The molecule has 0 aliphatic heterocycles. The third kappa shape index (κ3) is 2.01. The molecule has 3 heterocycles. The van der Waals surface area contributed by atoms with Crippen LogP contribution in [0, 0.1) is 6.92 Å². The van der Waals surface area contributed by atoms with Crippen molar-refractivity contribution in [3.05, 3.63) is 42.0 Å². The molecule has 2 N–H and O–H groups in total. The van der Waals surface area contributed by atoms with Gasteiger partial charge in [0.15, 0.2) is 0 Å². The molecule has 0 saturated heterocycles. The van der Waals surface area contributed by atoms with Crippen molar-refractivity contribution in [2.24, 2.45) is 0 Å². The quantitative estimate of drug-likeness (QED) is 0.792. The van der Waals surface area contributed by atoms with E-state index in [1.54, 1.807) is 6.20 Å². The Labute approximate surface area is 117 Å². The number of aryl methyl sites for hydroxylation is 1. The van der Waals surface area contributed by atoms with Crippen LogP contribution in [0.15, 0.2) is 30.6 Å². The van der Waals surface area contributed by atoms with E-state index in [9.17, 15) is 0 Å². The molecule has 0 amide bonds. The van der Waals surface area contributed by atoms with Crippen molar-refractivity contribution < 1.29 is 0 Å². The first kappa shape index (κ1) is 12.6. The molecule has 0 saturated carbocycles. The molecular weight excluding hydrogens is 250 g/mol. The predicted octanol–water partition coefficient (Wildman–Crippen LogP) is 2.63. The number of rotatable bonds is 3. The summed E-state index contributed by atoms with van der Waals surface area (Å²) in [6.07, 6.45) is 5.54. The van der Waals surface area contributed by atoms with Crippen LogP contribution in [0.2, 0.25) is 0 Å². The molecule has 5 nitrogen and oxygen atoms in total. The van der Waals surface area contributed by atoms with Crippen molar-refractivity contribution in [1.82, 2.24) is 19.4 Å². The number of aromatic nitrogens is 4. The highest BCUT2D eigenvalue weighted by Gasteiger charge is 2.13. The third-order valence-electron chi connectivity index (χ3n) is 3.37. The number of nitrogens with zero attached hydrogens (tertiary/aromatic N) is 4. The van der Waals surface area contributed by atoms with E-state index in [1.807, 2.05) is 35.7 Å². The highest BCUT2D eigenvalue weighted by molar-refractivity contribution is 5.67. The largest absolute Gasteiger partial charge is 0.383 e. The standard InChI is InChI=1S/C15H17N5/c1-3-5-12-18-14(10(2)15(16)19-12)11-6-4-7-13-17-8-9-20(11)13/h4,6-9H,3,5H2,1-2H3,(H2,16,18,19). The van der Waals surface area contributed by atoms with Crippen LogP contribution in [-0.4, -0.2) is 19.4 Å². The van der Waals surface area contributed by atoms with Gasteiger partial charge in [-0.3, -0.25) is 4.40 Å². The monoisotopic (exact) mass is 267 g/mol. The lowest BCUT2D eigenvalue weighted by Gasteiger charge is -2.11. The molecule has 3 aromatic heterocycles. The van der Waals surface area contributed by atoms with E-state index in [4.69, 9.17) is 5.73 Å². The number of fused-ring (bicyclic) bond motifs is 1. The van der Waals surface area contributed by atoms with Crippen LogP contribution < -0.4 is 5.73 Å². The molecule has 0 radical (unpaired) electrons. The molecule has 0 bridgehead atoms. The Morgan fingerprint density at radius 1 is 1.25 bits per heavy atom. The lowest BCUT2D eigenvalue weighted by Crippen LogP contribution is -2.06.